The number of rotatable bonds is 3. The molecular weight excluding hydrogens is 349 g/mol. The number of nitrogens with zero attached hydrogens (tertiary/aromatic N) is 2. The van der Waals surface area contributed by atoms with E-state index in [0.29, 0.717) is 30.9 Å². The minimum Gasteiger partial charge on any atom is -0.345 e. The maximum atomic E-state index is 13.0. The molecular formula is C19H18FN5O2. The Kier molecular flexibility index (Phi) is 4.55. The predicted octanol–water partition coefficient (Wildman–Crippen LogP) is 1.75. The maximum Gasteiger partial charge on any atom is 0.254 e. The summed E-state index contributed by atoms with van der Waals surface area (Å²) in [6, 6.07) is 10.1. The maximum absolute atomic E-state index is 13.0. The van der Waals surface area contributed by atoms with Crippen LogP contribution in [-0.2, 0) is 4.79 Å². The zero-order valence-corrected chi connectivity index (χ0v) is 14.4. The van der Waals surface area contributed by atoms with Crippen molar-refractivity contribution in [3.05, 3.63) is 60.2 Å². The number of halogens is 1. The van der Waals surface area contributed by atoms with Crippen molar-refractivity contribution in [3.8, 4) is 0 Å². The van der Waals surface area contributed by atoms with Crippen LogP contribution in [0.4, 0.5) is 10.1 Å². The summed E-state index contributed by atoms with van der Waals surface area (Å²) in [5.41, 5.74) is 2.52. The first-order valence-corrected chi connectivity index (χ1v) is 8.63. The monoisotopic (exact) mass is 367 g/mol. The van der Waals surface area contributed by atoms with Crippen molar-refractivity contribution in [2.75, 3.05) is 25.0 Å². The molecule has 8 heteroatoms. The fourth-order valence-electron chi connectivity index (χ4n) is 3.17. The largest absolute Gasteiger partial charge is 0.345 e. The number of hydrogen-bond acceptors (Lipinski definition) is 4. The molecule has 138 valence electrons. The van der Waals surface area contributed by atoms with Crippen LogP contribution in [0.25, 0.3) is 11.0 Å². The molecule has 2 heterocycles. The summed E-state index contributed by atoms with van der Waals surface area (Å²) >= 11 is 0. The first-order valence-electron chi connectivity index (χ1n) is 8.63. The molecule has 0 radical (unpaired) electrons. The Bertz CT molecular complexity index is 985. The van der Waals surface area contributed by atoms with E-state index in [1.165, 1.54) is 24.3 Å². The lowest BCUT2D eigenvalue weighted by Gasteiger charge is -2.35. The summed E-state index contributed by atoms with van der Waals surface area (Å²) < 4.78 is 13.0. The van der Waals surface area contributed by atoms with Gasteiger partial charge < -0.3 is 20.5 Å². The van der Waals surface area contributed by atoms with E-state index in [9.17, 15) is 14.0 Å². The number of carbonyl (C=O) groups is 2. The summed E-state index contributed by atoms with van der Waals surface area (Å²) in [6.07, 6.45) is 1.57. The Balaban J connectivity index is 1.54. The Labute approximate surface area is 154 Å². The van der Waals surface area contributed by atoms with Crippen LogP contribution in [0, 0.1) is 5.82 Å². The molecule has 1 fully saturated rings. The van der Waals surface area contributed by atoms with Crippen LogP contribution in [0.1, 0.15) is 10.4 Å². The molecule has 4 rings (SSSR count). The lowest BCUT2D eigenvalue weighted by Crippen LogP contribution is -2.58. The Morgan fingerprint density at radius 2 is 2.00 bits per heavy atom. The van der Waals surface area contributed by atoms with E-state index in [4.69, 9.17) is 0 Å². The number of anilines is 1. The number of aromatic amines is 1. The Morgan fingerprint density at radius 3 is 2.81 bits per heavy atom. The van der Waals surface area contributed by atoms with Crippen molar-refractivity contribution in [1.29, 1.82) is 0 Å². The van der Waals surface area contributed by atoms with Crippen LogP contribution in [0.15, 0.2) is 48.8 Å². The van der Waals surface area contributed by atoms with Gasteiger partial charge in [-0.15, -0.1) is 0 Å². The second-order valence-corrected chi connectivity index (χ2v) is 6.35. The van der Waals surface area contributed by atoms with E-state index < -0.39 is 6.04 Å². The van der Waals surface area contributed by atoms with E-state index in [1.807, 2.05) is 0 Å². The molecule has 1 saturated heterocycles. The van der Waals surface area contributed by atoms with Gasteiger partial charge >= 0.3 is 0 Å². The highest BCUT2D eigenvalue weighted by Crippen LogP contribution is 2.17. The number of benzene rings is 2. The highest BCUT2D eigenvalue weighted by molar-refractivity contribution is 6.02. The first-order chi connectivity index (χ1) is 13.1. The van der Waals surface area contributed by atoms with Gasteiger partial charge in [0.2, 0.25) is 5.91 Å². The third-order valence-electron chi connectivity index (χ3n) is 4.59. The van der Waals surface area contributed by atoms with E-state index in [1.54, 1.807) is 29.4 Å². The van der Waals surface area contributed by atoms with Crippen LogP contribution < -0.4 is 10.6 Å². The van der Waals surface area contributed by atoms with Gasteiger partial charge in [-0.1, -0.05) is 0 Å². The van der Waals surface area contributed by atoms with Crippen LogP contribution in [0.5, 0.6) is 0 Å². The van der Waals surface area contributed by atoms with Crippen molar-refractivity contribution in [2.45, 2.75) is 6.04 Å². The van der Waals surface area contributed by atoms with Gasteiger partial charge in [-0.2, -0.15) is 0 Å². The number of fused-ring (bicyclic) bond motifs is 1. The topological polar surface area (TPSA) is 90.1 Å². The van der Waals surface area contributed by atoms with Crippen molar-refractivity contribution >= 4 is 28.5 Å². The molecule has 0 aliphatic carbocycles. The molecule has 0 bridgehead atoms. The number of aromatic nitrogens is 2. The minimum absolute atomic E-state index is 0.216. The van der Waals surface area contributed by atoms with Crippen molar-refractivity contribution in [3.63, 3.8) is 0 Å². The van der Waals surface area contributed by atoms with Crippen LogP contribution in [0.2, 0.25) is 0 Å². The Hall–Kier alpha value is -3.26. The summed E-state index contributed by atoms with van der Waals surface area (Å²) in [7, 11) is 0. The van der Waals surface area contributed by atoms with E-state index >= 15 is 0 Å². The van der Waals surface area contributed by atoms with Crippen LogP contribution >= 0.6 is 0 Å². The third-order valence-corrected chi connectivity index (χ3v) is 4.59. The van der Waals surface area contributed by atoms with Gasteiger partial charge in [0.1, 0.15) is 11.9 Å². The minimum atomic E-state index is -0.659. The average Bonchev–Trinajstić information content (AvgIpc) is 3.17. The fourth-order valence-corrected chi connectivity index (χ4v) is 3.17. The zero-order chi connectivity index (χ0) is 18.8. The average molecular weight is 367 g/mol. The number of hydrogen-bond donors (Lipinski definition) is 3. The molecule has 1 aromatic heterocycles. The molecule has 7 nitrogen and oxygen atoms in total. The molecule has 0 unspecified atom stereocenters. The molecule has 3 aromatic rings. The van der Waals surface area contributed by atoms with Gasteiger partial charge in [0, 0.05) is 30.9 Å². The number of nitrogens with one attached hydrogen (secondary N) is 3. The lowest BCUT2D eigenvalue weighted by molar-refractivity contribution is -0.121. The van der Waals surface area contributed by atoms with Gasteiger partial charge in [0.25, 0.3) is 5.91 Å². The number of amides is 2. The smallest absolute Gasteiger partial charge is 0.254 e. The highest BCUT2D eigenvalue weighted by atomic mass is 19.1. The molecule has 3 N–H and O–H groups in total. The molecule has 2 amide bonds. The van der Waals surface area contributed by atoms with Crippen LogP contribution in [-0.4, -0.2) is 52.4 Å². The van der Waals surface area contributed by atoms with Crippen molar-refractivity contribution in [1.82, 2.24) is 20.2 Å². The zero-order valence-electron chi connectivity index (χ0n) is 14.4. The first kappa shape index (κ1) is 17.2. The van der Waals surface area contributed by atoms with E-state index in [0.717, 1.165) is 11.0 Å². The summed E-state index contributed by atoms with van der Waals surface area (Å²) in [5.74, 6) is -0.907. The highest BCUT2D eigenvalue weighted by Gasteiger charge is 2.32. The second-order valence-electron chi connectivity index (χ2n) is 6.35. The van der Waals surface area contributed by atoms with Crippen LogP contribution in [0.3, 0.4) is 0 Å². The van der Waals surface area contributed by atoms with Crippen molar-refractivity contribution < 1.29 is 14.0 Å². The fraction of sp³-hybridized carbons (Fsp3) is 0.211. The Morgan fingerprint density at radius 1 is 1.19 bits per heavy atom. The molecule has 0 saturated carbocycles. The number of H-pyrrole nitrogens is 1. The van der Waals surface area contributed by atoms with E-state index in [2.05, 4.69) is 20.6 Å². The summed E-state index contributed by atoms with van der Waals surface area (Å²) in [6.45, 7) is 1.38. The van der Waals surface area contributed by atoms with Gasteiger partial charge in [-0.25, -0.2) is 9.37 Å². The normalized spacial score (nSPS) is 17.1. The lowest BCUT2D eigenvalue weighted by atomic mass is 10.1. The molecule has 0 spiro atoms. The van der Waals surface area contributed by atoms with E-state index in [-0.39, 0.29) is 17.6 Å². The number of piperazine rings is 1. The molecule has 2 aromatic carbocycles. The molecule has 1 aliphatic rings. The summed E-state index contributed by atoms with van der Waals surface area (Å²) in [5, 5.41) is 5.89. The SMILES string of the molecule is O=C(Nc1ccc(F)cc1)[C@@H]1CNCCN1C(=O)c1ccc2nc[nH]c2c1. The quantitative estimate of drug-likeness (QED) is 0.658. The molecule has 1 aliphatic heterocycles. The third kappa shape index (κ3) is 3.52. The molecule has 1 atom stereocenters. The summed E-state index contributed by atoms with van der Waals surface area (Å²) in [4.78, 5) is 34.4. The van der Waals surface area contributed by atoms with Gasteiger partial charge in [-0.05, 0) is 42.5 Å². The standard InChI is InChI=1S/C19H18FN5O2/c20-13-2-4-14(5-3-13)24-18(26)17-10-21-7-8-25(17)19(27)12-1-6-15-16(9-12)23-11-22-15/h1-6,9,11,17,21H,7-8,10H2,(H,22,23)(H,24,26)/t17-/m0/s1. The second kappa shape index (κ2) is 7.16. The van der Waals surface area contributed by atoms with Gasteiger partial charge in [0.05, 0.1) is 17.4 Å². The van der Waals surface area contributed by atoms with Gasteiger partial charge in [0.15, 0.2) is 0 Å². The number of carbonyl (C=O) groups excluding carboxylic acids is 2. The van der Waals surface area contributed by atoms with Crippen molar-refractivity contribution in [2.24, 2.45) is 0 Å². The number of imidazole rings is 1. The van der Waals surface area contributed by atoms with Gasteiger partial charge in [-0.3, -0.25) is 9.59 Å². The molecule has 27 heavy (non-hydrogen) atoms. The predicted molar refractivity (Wildman–Crippen MR) is 98.8 cm³/mol.